The van der Waals surface area contributed by atoms with Crippen molar-refractivity contribution in [1.82, 2.24) is 4.90 Å². The minimum atomic E-state index is -0.800. The Kier molecular flexibility index (Phi) is 4.00. The SMILES string of the molecule is CC(C)C1CCCN1Cc1c(C(=O)O)sc2ccccc12. The molecule has 1 fully saturated rings. The van der Waals surface area contributed by atoms with Gasteiger partial charge in [0.25, 0.3) is 0 Å². The van der Waals surface area contributed by atoms with Gasteiger partial charge in [-0.15, -0.1) is 11.3 Å². The number of fused-ring (bicyclic) bond motifs is 1. The van der Waals surface area contributed by atoms with Crippen LogP contribution in [0.15, 0.2) is 24.3 Å². The van der Waals surface area contributed by atoms with E-state index < -0.39 is 5.97 Å². The molecule has 0 aliphatic carbocycles. The molecule has 1 N–H and O–H groups in total. The van der Waals surface area contributed by atoms with Crippen LogP contribution >= 0.6 is 11.3 Å². The summed E-state index contributed by atoms with van der Waals surface area (Å²) in [6.45, 7) is 6.35. The van der Waals surface area contributed by atoms with Gasteiger partial charge < -0.3 is 5.11 Å². The number of aromatic carboxylic acids is 1. The lowest BCUT2D eigenvalue weighted by atomic mass is 10.0. The topological polar surface area (TPSA) is 40.5 Å². The Balaban J connectivity index is 1.99. The predicted molar refractivity (Wildman–Crippen MR) is 87.1 cm³/mol. The summed E-state index contributed by atoms with van der Waals surface area (Å²) in [6, 6.07) is 8.61. The second-order valence-corrected chi connectivity index (χ2v) is 7.19. The number of nitrogens with zero attached hydrogens (tertiary/aromatic N) is 1. The largest absolute Gasteiger partial charge is 0.477 e. The van der Waals surface area contributed by atoms with Crippen molar-refractivity contribution in [3.63, 3.8) is 0 Å². The normalized spacial score (nSPS) is 19.7. The van der Waals surface area contributed by atoms with Crippen LogP contribution in [0.25, 0.3) is 10.1 Å². The smallest absolute Gasteiger partial charge is 0.346 e. The number of thiophene rings is 1. The first-order valence-electron chi connectivity index (χ1n) is 7.55. The van der Waals surface area contributed by atoms with E-state index in [0.717, 1.165) is 28.7 Å². The van der Waals surface area contributed by atoms with E-state index in [-0.39, 0.29) is 0 Å². The monoisotopic (exact) mass is 303 g/mol. The van der Waals surface area contributed by atoms with Gasteiger partial charge in [-0.25, -0.2) is 4.79 Å². The minimum Gasteiger partial charge on any atom is -0.477 e. The van der Waals surface area contributed by atoms with Crippen LogP contribution in [0.3, 0.4) is 0 Å². The summed E-state index contributed by atoms with van der Waals surface area (Å²) in [4.78, 5) is 14.5. The molecule has 3 rings (SSSR count). The third kappa shape index (κ3) is 2.70. The van der Waals surface area contributed by atoms with Crippen molar-refractivity contribution in [2.45, 2.75) is 39.3 Å². The summed E-state index contributed by atoms with van der Waals surface area (Å²) in [6.07, 6.45) is 2.44. The van der Waals surface area contributed by atoms with E-state index in [4.69, 9.17) is 0 Å². The number of carboxylic acids is 1. The van der Waals surface area contributed by atoms with Crippen LogP contribution in [0, 0.1) is 5.92 Å². The zero-order valence-corrected chi connectivity index (χ0v) is 13.3. The van der Waals surface area contributed by atoms with E-state index in [2.05, 4.69) is 18.7 Å². The third-order valence-electron chi connectivity index (χ3n) is 4.44. The molecular weight excluding hydrogens is 282 g/mol. The van der Waals surface area contributed by atoms with Crippen LogP contribution in [0.5, 0.6) is 0 Å². The van der Waals surface area contributed by atoms with Gasteiger partial charge in [0.05, 0.1) is 0 Å². The van der Waals surface area contributed by atoms with Gasteiger partial charge in [-0.1, -0.05) is 32.0 Å². The molecule has 1 unspecified atom stereocenters. The molecule has 0 radical (unpaired) electrons. The highest BCUT2D eigenvalue weighted by molar-refractivity contribution is 7.21. The summed E-state index contributed by atoms with van der Waals surface area (Å²) in [5, 5.41) is 10.6. The van der Waals surface area contributed by atoms with Crippen LogP contribution in [-0.2, 0) is 6.54 Å². The summed E-state index contributed by atoms with van der Waals surface area (Å²) in [7, 11) is 0. The standard InChI is InChI=1S/C17H21NO2S/c1-11(2)14-7-5-9-18(14)10-13-12-6-3-4-8-15(12)21-16(13)17(19)20/h3-4,6,8,11,14H,5,7,9-10H2,1-2H3,(H,19,20). The van der Waals surface area contributed by atoms with Crippen molar-refractivity contribution in [1.29, 1.82) is 0 Å². The van der Waals surface area contributed by atoms with Crippen molar-refractivity contribution >= 4 is 27.4 Å². The van der Waals surface area contributed by atoms with Crippen LogP contribution in [-0.4, -0.2) is 28.6 Å². The molecule has 0 amide bonds. The van der Waals surface area contributed by atoms with E-state index in [1.54, 1.807) is 0 Å². The molecule has 2 heterocycles. The van der Waals surface area contributed by atoms with Gasteiger partial charge in [0.1, 0.15) is 4.88 Å². The lowest BCUT2D eigenvalue weighted by Gasteiger charge is -2.27. The molecule has 4 heteroatoms. The molecule has 1 aromatic heterocycles. The number of carbonyl (C=O) groups is 1. The van der Waals surface area contributed by atoms with Crippen molar-refractivity contribution in [2.75, 3.05) is 6.54 Å². The minimum absolute atomic E-state index is 0.505. The van der Waals surface area contributed by atoms with Crippen molar-refractivity contribution in [3.05, 3.63) is 34.7 Å². The van der Waals surface area contributed by atoms with E-state index >= 15 is 0 Å². The van der Waals surface area contributed by atoms with E-state index in [1.807, 2.05) is 24.3 Å². The van der Waals surface area contributed by atoms with Gasteiger partial charge in [-0.05, 0) is 42.3 Å². The Hall–Kier alpha value is -1.39. The summed E-state index contributed by atoms with van der Waals surface area (Å²) >= 11 is 1.40. The van der Waals surface area contributed by atoms with Gasteiger partial charge >= 0.3 is 5.97 Å². The van der Waals surface area contributed by atoms with Crippen LogP contribution in [0.4, 0.5) is 0 Å². The Morgan fingerprint density at radius 2 is 2.19 bits per heavy atom. The average molecular weight is 303 g/mol. The van der Waals surface area contributed by atoms with Crippen LogP contribution < -0.4 is 0 Å². The lowest BCUT2D eigenvalue weighted by Crippen LogP contribution is -2.33. The zero-order chi connectivity index (χ0) is 15.0. The zero-order valence-electron chi connectivity index (χ0n) is 12.5. The molecule has 0 bridgehead atoms. The van der Waals surface area contributed by atoms with Gasteiger partial charge in [0.15, 0.2) is 0 Å². The number of rotatable bonds is 4. The molecule has 21 heavy (non-hydrogen) atoms. The highest BCUT2D eigenvalue weighted by atomic mass is 32.1. The van der Waals surface area contributed by atoms with Crippen molar-refractivity contribution < 1.29 is 9.90 Å². The molecule has 1 aliphatic heterocycles. The molecule has 1 saturated heterocycles. The van der Waals surface area contributed by atoms with Gasteiger partial charge in [0, 0.05) is 17.3 Å². The maximum atomic E-state index is 11.6. The Morgan fingerprint density at radius 3 is 2.90 bits per heavy atom. The number of hydrogen-bond acceptors (Lipinski definition) is 3. The molecule has 1 aromatic carbocycles. The summed E-state index contributed by atoms with van der Waals surface area (Å²) in [5.74, 6) is -0.183. The van der Waals surface area contributed by atoms with E-state index in [9.17, 15) is 9.90 Å². The van der Waals surface area contributed by atoms with Gasteiger partial charge in [0.2, 0.25) is 0 Å². The van der Waals surface area contributed by atoms with E-state index in [1.165, 1.54) is 24.2 Å². The first kappa shape index (κ1) is 14.5. The fourth-order valence-electron chi connectivity index (χ4n) is 3.43. The first-order chi connectivity index (χ1) is 10.1. The maximum absolute atomic E-state index is 11.6. The molecule has 0 saturated carbocycles. The third-order valence-corrected chi connectivity index (χ3v) is 5.64. The Labute approximate surface area is 129 Å². The van der Waals surface area contributed by atoms with Crippen molar-refractivity contribution in [2.24, 2.45) is 5.92 Å². The molecule has 3 nitrogen and oxygen atoms in total. The highest BCUT2D eigenvalue weighted by Crippen LogP contribution is 2.34. The molecule has 0 spiro atoms. The Bertz CT molecular complexity index is 662. The van der Waals surface area contributed by atoms with E-state index in [0.29, 0.717) is 16.8 Å². The fourth-order valence-corrected chi connectivity index (χ4v) is 4.49. The molecule has 1 atom stereocenters. The summed E-state index contributed by atoms with van der Waals surface area (Å²) < 4.78 is 1.07. The number of hydrogen-bond donors (Lipinski definition) is 1. The quantitative estimate of drug-likeness (QED) is 0.919. The second-order valence-electron chi connectivity index (χ2n) is 6.14. The Morgan fingerprint density at radius 1 is 1.43 bits per heavy atom. The predicted octanol–water partition coefficient (Wildman–Crippen LogP) is 4.22. The molecule has 2 aromatic rings. The average Bonchev–Trinajstić information content (AvgIpc) is 3.04. The number of likely N-dealkylation sites (tertiary alicyclic amines) is 1. The summed E-state index contributed by atoms with van der Waals surface area (Å²) in [5.41, 5.74) is 0.996. The fraction of sp³-hybridized carbons (Fsp3) is 0.471. The van der Waals surface area contributed by atoms with Gasteiger partial charge in [-0.3, -0.25) is 4.90 Å². The first-order valence-corrected chi connectivity index (χ1v) is 8.37. The second kappa shape index (κ2) is 5.78. The molecular formula is C17H21NO2S. The van der Waals surface area contributed by atoms with Crippen molar-refractivity contribution in [3.8, 4) is 0 Å². The van der Waals surface area contributed by atoms with Gasteiger partial charge in [-0.2, -0.15) is 0 Å². The van der Waals surface area contributed by atoms with Crippen LogP contribution in [0.2, 0.25) is 0 Å². The number of benzene rings is 1. The van der Waals surface area contributed by atoms with Crippen LogP contribution in [0.1, 0.15) is 41.9 Å². The molecule has 112 valence electrons. The maximum Gasteiger partial charge on any atom is 0.346 e. The number of carboxylic acid groups (broad SMARTS) is 1. The molecule has 1 aliphatic rings. The highest BCUT2D eigenvalue weighted by Gasteiger charge is 2.29. The lowest BCUT2D eigenvalue weighted by molar-refractivity contribution is 0.0699.